The van der Waals surface area contributed by atoms with E-state index in [1.807, 2.05) is 0 Å². The zero-order valence-electron chi connectivity index (χ0n) is 9.60. The summed E-state index contributed by atoms with van der Waals surface area (Å²) in [6.45, 7) is 8.82. The number of hydrogen-bond donors (Lipinski definition) is 1. The lowest BCUT2D eigenvalue weighted by Gasteiger charge is -2.19. The van der Waals surface area contributed by atoms with E-state index in [-0.39, 0.29) is 0 Å². The van der Waals surface area contributed by atoms with Crippen LogP contribution in [0.4, 0.5) is 0 Å². The van der Waals surface area contributed by atoms with Crippen molar-refractivity contribution in [2.45, 2.75) is 46.1 Å². The lowest BCUT2D eigenvalue weighted by atomic mass is 10.0. The Morgan fingerprint density at radius 3 is 2.46 bits per heavy atom. The molecular weight excluding hydrogens is 162 g/mol. The van der Waals surface area contributed by atoms with Gasteiger partial charge in [0.05, 0.1) is 0 Å². The first-order chi connectivity index (χ1) is 6.22. The molecule has 0 heterocycles. The van der Waals surface area contributed by atoms with Gasteiger partial charge in [0, 0.05) is 19.8 Å². The standard InChI is InChI=1S/C11H25NO/c1-5-10(2)11(3)12-8-6-7-9-13-4/h10-12H,5-9H2,1-4H3/t10-,11-/m1/s1. The van der Waals surface area contributed by atoms with Crippen molar-refractivity contribution in [3.8, 4) is 0 Å². The summed E-state index contributed by atoms with van der Waals surface area (Å²) in [6.07, 6.45) is 3.64. The molecule has 0 aromatic heterocycles. The van der Waals surface area contributed by atoms with E-state index >= 15 is 0 Å². The quantitative estimate of drug-likeness (QED) is 0.589. The third-order valence-electron chi connectivity index (χ3n) is 2.74. The van der Waals surface area contributed by atoms with Gasteiger partial charge in [-0.25, -0.2) is 0 Å². The number of nitrogens with one attached hydrogen (secondary N) is 1. The lowest BCUT2D eigenvalue weighted by molar-refractivity contribution is 0.192. The average molecular weight is 187 g/mol. The molecule has 2 nitrogen and oxygen atoms in total. The predicted octanol–water partition coefficient (Wildman–Crippen LogP) is 2.44. The Morgan fingerprint density at radius 2 is 1.92 bits per heavy atom. The Bertz CT molecular complexity index is 106. The Morgan fingerprint density at radius 1 is 1.23 bits per heavy atom. The molecule has 2 atom stereocenters. The maximum Gasteiger partial charge on any atom is 0.0462 e. The van der Waals surface area contributed by atoms with Crippen molar-refractivity contribution < 1.29 is 4.74 Å². The second-order valence-electron chi connectivity index (χ2n) is 3.83. The summed E-state index contributed by atoms with van der Waals surface area (Å²) in [4.78, 5) is 0. The van der Waals surface area contributed by atoms with Gasteiger partial charge in [0.15, 0.2) is 0 Å². The maximum absolute atomic E-state index is 4.99. The minimum Gasteiger partial charge on any atom is -0.385 e. The zero-order chi connectivity index (χ0) is 10.1. The molecule has 0 aliphatic heterocycles. The van der Waals surface area contributed by atoms with Gasteiger partial charge in [0.2, 0.25) is 0 Å². The molecule has 0 saturated carbocycles. The summed E-state index contributed by atoms with van der Waals surface area (Å²) in [5, 5.41) is 3.54. The van der Waals surface area contributed by atoms with Gasteiger partial charge in [0.1, 0.15) is 0 Å². The fraction of sp³-hybridized carbons (Fsp3) is 1.00. The summed E-state index contributed by atoms with van der Waals surface area (Å²) in [5.74, 6) is 0.780. The molecule has 1 N–H and O–H groups in total. The Hall–Kier alpha value is -0.0800. The minimum atomic E-state index is 0.646. The van der Waals surface area contributed by atoms with Crippen molar-refractivity contribution in [3.63, 3.8) is 0 Å². The van der Waals surface area contributed by atoms with Gasteiger partial charge in [-0.15, -0.1) is 0 Å². The predicted molar refractivity (Wildman–Crippen MR) is 58.0 cm³/mol. The van der Waals surface area contributed by atoms with Crippen molar-refractivity contribution in [2.75, 3.05) is 20.3 Å². The maximum atomic E-state index is 4.99. The average Bonchev–Trinajstić information content (AvgIpc) is 2.16. The number of methoxy groups -OCH3 is 1. The monoisotopic (exact) mass is 187 g/mol. The first-order valence-electron chi connectivity index (χ1n) is 5.44. The molecule has 0 aromatic carbocycles. The summed E-state index contributed by atoms with van der Waals surface area (Å²) < 4.78 is 4.99. The third-order valence-corrected chi connectivity index (χ3v) is 2.74. The highest BCUT2D eigenvalue weighted by Crippen LogP contribution is 2.06. The van der Waals surface area contributed by atoms with E-state index in [4.69, 9.17) is 4.74 Å². The number of hydrogen-bond acceptors (Lipinski definition) is 2. The molecule has 0 unspecified atom stereocenters. The first-order valence-corrected chi connectivity index (χ1v) is 5.44. The lowest BCUT2D eigenvalue weighted by Crippen LogP contribution is -2.32. The van der Waals surface area contributed by atoms with Crippen LogP contribution in [-0.2, 0) is 4.74 Å². The molecule has 80 valence electrons. The van der Waals surface area contributed by atoms with Gasteiger partial charge in [-0.1, -0.05) is 20.3 Å². The molecule has 13 heavy (non-hydrogen) atoms. The molecule has 0 spiro atoms. The summed E-state index contributed by atoms with van der Waals surface area (Å²) in [5.41, 5.74) is 0. The summed E-state index contributed by atoms with van der Waals surface area (Å²) in [7, 11) is 1.76. The smallest absolute Gasteiger partial charge is 0.0462 e. The fourth-order valence-corrected chi connectivity index (χ4v) is 1.26. The highest BCUT2D eigenvalue weighted by atomic mass is 16.5. The molecule has 2 heteroatoms. The van der Waals surface area contributed by atoms with Gasteiger partial charge in [-0.05, 0) is 32.2 Å². The molecule has 0 rings (SSSR count). The SMILES string of the molecule is CC[C@@H](C)[C@@H](C)NCCCCOC. The van der Waals surface area contributed by atoms with Crippen LogP contribution in [0.5, 0.6) is 0 Å². The van der Waals surface area contributed by atoms with Crippen LogP contribution in [0.25, 0.3) is 0 Å². The normalized spacial score (nSPS) is 15.7. The molecular formula is C11H25NO. The van der Waals surface area contributed by atoms with Gasteiger partial charge in [0.25, 0.3) is 0 Å². The number of unbranched alkanes of at least 4 members (excludes halogenated alkanes) is 1. The van der Waals surface area contributed by atoms with Gasteiger partial charge in [-0.3, -0.25) is 0 Å². The van der Waals surface area contributed by atoms with E-state index in [1.54, 1.807) is 7.11 Å². The molecule has 0 bridgehead atoms. The molecule has 0 aliphatic rings. The molecule has 0 saturated heterocycles. The van der Waals surface area contributed by atoms with Crippen LogP contribution in [0.15, 0.2) is 0 Å². The molecule has 0 aromatic rings. The van der Waals surface area contributed by atoms with E-state index in [0.717, 1.165) is 25.5 Å². The number of ether oxygens (including phenoxy) is 1. The van der Waals surface area contributed by atoms with Crippen LogP contribution in [0, 0.1) is 5.92 Å². The Kier molecular flexibility index (Phi) is 8.46. The van der Waals surface area contributed by atoms with E-state index in [9.17, 15) is 0 Å². The molecule has 0 fully saturated rings. The molecule has 0 radical (unpaired) electrons. The van der Waals surface area contributed by atoms with E-state index in [0.29, 0.717) is 6.04 Å². The second kappa shape index (κ2) is 8.52. The van der Waals surface area contributed by atoms with Crippen molar-refractivity contribution >= 4 is 0 Å². The van der Waals surface area contributed by atoms with Crippen molar-refractivity contribution in [1.29, 1.82) is 0 Å². The van der Waals surface area contributed by atoms with Crippen molar-refractivity contribution in [2.24, 2.45) is 5.92 Å². The second-order valence-corrected chi connectivity index (χ2v) is 3.83. The zero-order valence-corrected chi connectivity index (χ0v) is 9.60. The Labute approximate surface area is 83.1 Å². The summed E-state index contributed by atoms with van der Waals surface area (Å²) >= 11 is 0. The Balaban J connectivity index is 3.21. The van der Waals surface area contributed by atoms with Gasteiger partial charge >= 0.3 is 0 Å². The van der Waals surface area contributed by atoms with E-state index in [2.05, 4.69) is 26.1 Å². The topological polar surface area (TPSA) is 21.3 Å². The van der Waals surface area contributed by atoms with E-state index < -0.39 is 0 Å². The molecule has 0 amide bonds. The fourth-order valence-electron chi connectivity index (χ4n) is 1.26. The van der Waals surface area contributed by atoms with Crippen molar-refractivity contribution in [1.82, 2.24) is 5.32 Å². The van der Waals surface area contributed by atoms with Crippen LogP contribution in [0.2, 0.25) is 0 Å². The van der Waals surface area contributed by atoms with Crippen LogP contribution in [0.3, 0.4) is 0 Å². The van der Waals surface area contributed by atoms with E-state index in [1.165, 1.54) is 12.8 Å². The van der Waals surface area contributed by atoms with Crippen LogP contribution >= 0.6 is 0 Å². The van der Waals surface area contributed by atoms with Crippen LogP contribution in [0.1, 0.15) is 40.0 Å². The van der Waals surface area contributed by atoms with Crippen molar-refractivity contribution in [3.05, 3.63) is 0 Å². The number of rotatable bonds is 8. The minimum absolute atomic E-state index is 0.646. The molecule has 0 aliphatic carbocycles. The van der Waals surface area contributed by atoms with Crippen LogP contribution < -0.4 is 5.32 Å². The van der Waals surface area contributed by atoms with Gasteiger partial charge < -0.3 is 10.1 Å². The third kappa shape index (κ3) is 7.03. The highest BCUT2D eigenvalue weighted by molar-refractivity contribution is 4.66. The summed E-state index contributed by atoms with van der Waals surface area (Å²) in [6, 6.07) is 0.646. The first kappa shape index (κ1) is 12.9. The van der Waals surface area contributed by atoms with Gasteiger partial charge in [-0.2, -0.15) is 0 Å². The largest absolute Gasteiger partial charge is 0.385 e. The highest BCUT2D eigenvalue weighted by Gasteiger charge is 2.07. The van der Waals surface area contributed by atoms with Crippen LogP contribution in [-0.4, -0.2) is 26.3 Å².